The van der Waals surface area contributed by atoms with Crippen LogP contribution in [0.3, 0.4) is 0 Å². The number of hydrogen-bond acceptors (Lipinski definition) is 3. The molecule has 0 spiro atoms. The molecule has 1 aromatic carbocycles. The number of nitrogens with zero attached hydrogens (tertiary/aromatic N) is 1. The van der Waals surface area contributed by atoms with Crippen molar-refractivity contribution in [2.45, 2.75) is 13.8 Å². The number of carbonyl (C=O) groups excluding carboxylic acids is 2. The van der Waals surface area contributed by atoms with Crippen LogP contribution in [0.4, 0.5) is 5.69 Å². The van der Waals surface area contributed by atoms with E-state index in [1.165, 1.54) is 13.1 Å². The predicted octanol–water partition coefficient (Wildman–Crippen LogP) is 2.84. The molecular weight excluding hydrogens is 240 g/mol. The van der Waals surface area contributed by atoms with Crippen LogP contribution in [-0.4, -0.2) is 16.7 Å². The number of ketones is 1. The third-order valence-corrected chi connectivity index (χ3v) is 2.82. The smallest absolute Gasteiger partial charge is 0.257 e. The average molecular weight is 254 g/mol. The Hall–Kier alpha value is -2.49. The van der Waals surface area contributed by atoms with Gasteiger partial charge in [0.1, 0.15) is 0 Å². The lowest BCUT2D eigenvalue weighted by Crippen LogP contribution is -2.13. The van der Waals surface area contributed by atoms with Crippen molar-refractivity contribution in [1.29, 1.82) is 0 Å². The van der Waals surface area contributed by atoms with Gasteiger partial charge in [-0.05, 0) is 37.6 Å². The number of anilines is 1. The molecule has 0 atom stereocenters. The molecule has 2 aromatic rings. The Morgan fingerprint density at radius 3 is 2.58 bits per heavy atom. The fourth-order valence-electron chi connectivity index (χ4n) is 1.67. The molecule has 96 valence electrons. The topological polar surface area (TPSA) is 59.1 Å². The van der Waals surface area contributed by atoms with Gasteiger partial charge in [-0.25, -0.2) is 0 Å². The monoisotopic (exact) mass is 254 g/mol. The maximum absolute atomic E-state index is 12.0. The minimum Gasteiger partial charge on any atom is -0.322 e. The van der Waals surface area contributed by atoms with Gasteiger partial charge in [-0.1, -0.05) is 12.1 Å². The minimum absolute atomic E-state index is 0.0307. The molecule has 1 amide bonds. The number of benzene rings is 1. The molecule has 0 aliphatic heterocycles. The Labute approximate surface area is 111 Å². The summed E-state index contributed by atoms with van der Waals surface area (Å²) in [5.41, 5.74) is 2.60. The Morgan fingerprint density at radius 2 is 1.95 bits per heavy atom. The third kappa shape index (κ3) is 3.04. The summed E-state index contributed by atoms with van der Waals surface area (Å²) in [6.07, 6.45) is 3.11. The lowest BCUT2D eigenvalue weighted by atomic mass is 10.1. The standard InChI is InChI=1S/C15H14N2O2/c1-10-5-6-12(11(2)18)8-14(10)17-15(19)13-4-3-7-16-9-13/h3-9H,1-2H3,(H,17,19). The van der Waals surface area contributed by atoms with Gasteiger partial charge in [0.25, 0.3) is 5.91 Å². The molecule has 4 heteroatoms. The summed E-state index contributed by atoms with van der Waals surface area (Å²) >= 11 is 0. The molecular formula is C15H14N2O2. The molecule has 4 nitrogen and oxygen atoms in total. The number of rotatable bonds is 3. The van der Waals surface area contributed by atoms with Crippen LogP contribution >= 0.6 is 0 Å². The number of aromatic nitrogens is 1. The van der Waals surface area contributed by atoms with Crippen LogP contribution in [0, 0.1) is 6.92 Å². The van der Waals surface area contributed by atoms with E-state index in [1.54, 1.807) is 30.5 Å². The average Bonchev–Trinajstić information content (AvgIpc) is 2.42. The fourth-order valence-corrected chi connectivity index (χ4v) is 1.67. The highest BCUT2D eigenvalue weighted by molar-refractivity contribution is 6.05. The van der Waals surface area contributed by atoms with Crippen molar-refractivity contribution < 1.29 is 9.59 Å². The molecule has 2 rings (SSSR count). The summed E-state index contributed by atoms with van der Waals surface area (Å²) in [6, 6.07) is 8.64. The summed E-state index contributed by atoms with van der Waals surface area (Å²) < 4.78 is 0. The first-order valence-corrected chi connectivity index (χ1v) is 5.91. The third-order valence-electron chi connectivity index (χ3n) is 2.82. The van der Waals surface area contributed by atoms with E-state index in [-0.39, 0.29) is 11.7 Å². The van der Waals surface area contributed by atoms with Gasteiger partial charge in [-0.15, -0.1) is 0 Å². The Morgan fingerprint density at radius 1 is 1.16 bits per heavy atom. The quantitative estimate of drug-likeness (QED) is 0.857. The van der Waals surface area contributed by atoms with E-state index in [1.807, 2.05) is 13.0 Å². The first kappa shape index (κ1) is 13.0. The number of carbonyl (C=O) groups is 2. The minimum atomic E-state index is -0.239. The predicted molar refractivity (Wildman–Crippen MR) is 73.4 cm³/mol. The van der Waals surface area contributed by atoms with Gasteiger partial charge >= 0.3 is 0 Å². The van der Waals surface area contributed by atoms with Gasteiger partial charge in [0.15, 0.2) is 5.78 Å². The molecule has 0 unspecified atom stereocenters. The molecule has 0 saturated heterocycles. The van der Waals surface area contributed by atoms with Crippen LogP contribution in [-0.2, 0) is 0 Å². The number of hydrogen-bond donors (Lipinski definition) is 1. The summed E-state index contributed by atoms with van der Waals surface area (Å²) in [6.45, 7) is 3.38. The summed E-state index contributed by atoms with van der Waals surface area (Å²) in [7, 11) is 0. The molecule has 1 aromatic heterocycles. The van der Waals surface area contributed by atoms with Crippen molar-refractivity contribution in [3.63, 3.8) is 0 Å². The van der Waals surface area contributed by atoms with Crippen molar-refractivity contribution in [2.75, 3.05) is 5.32 Å². The van der Waals surface area contributed by atoms with Crippen molar-refractivity contribution in [3.8, 4) is 0 Å². The van der Waals surface area contributed by atoms with Crippen molar-refractivity contribution in [1.82, 2.24) is 4.98 Å². The van der Waals surface area contributed by atoms with Gasteiger partial charge in [-0.2, -0.15) is 0 Å². The number of Topliss-reactive ketones (excluding diaryl/α,β-unsaturated/α-hetero) is 1. The van der Waals surface area contributed by atoms with Gasteiger partial charge in [0.2, 0.25) is 0 Å². The second-order valence-electron chi connectivity index (χ2n) is 4.28. The van der Waals surface area contributed by atoms with Crippen molar-refractivity contribution in [3.05, 3.63) is 59.4 Å². The highest BCUT2D eigenvalue weighted by Crippen LogP contribution is 2.18. The summed E-state index contributed by atoms with van der Waals surface area (Å²) in [4.78, 5) is 27.3. The zero-order chi connectivity index (χ0) is 13.8. The zero-order valence-electron chi connectivity index (χ0n) is 10.8. The number of nitrogens with one attached hydrogen (secondary N) is 1. The molecule has 1 N–H and O–H groups in total. The van der Waals surface area contributed by atoms with Crippen LogP contribution < -0.4 is 5.32 Å². The van der Waals surface area contributed by atoms with E-state index in [0.29, 0.717) is 16.8 Å². The highest BCUT2D eigenvalue weighted by atomic mass is 16.1. The van der Waals surface area contributed by atoms with E-state index >= 15 is 0 Å². The summed E-state index contributed by atoms with van der Waals surface area (Å²) in [5.74, 6) is -0.270. The molecule has 0 aliphatic rings. The lowest BCUT2D eigenvalue weighted by Gasteiger charge is -2.09. The molecule has 0 saturated carbocycles. The highest BCUT2D eigenvalue weighted by Gasteiger charge is 2.09. The molecule has 0 aliphatic carbocycles. The fraction of sp³-hybridized carbons (Fsp3) is 0.133. The van der Waals surface area contributed by atoms with E-state index < -0.39 is 0 Å². The van der Waals surface area contributed by atoms with Gasteiger partial charge < -0.3 is 5.32 Å². The molecule has 1 heterocycles. The first-order chi connectivity index (χ1) is 9.08. The van der Waals surface area contributed by atoms with Crippen LogP contribution in [0.1, 0.15) is 33.2 Å². The van der Waals surface area contributed by atoms with Crippen LogP contribution in [0.5, 0.6) is 0 Å². The first-order valence-electron chi connectivity index (χ1n) is 5.91. The maximum Gasteiger partial charge on any atom is 0.257 e. The molecule has 0 bridgehead atoms. The van der Waals surface area contributed by atoms with Crippen LogP contribution in [0.2, 0.25) is 0 Å². The van der Waals surface area contributed by atoms with E-state index in [9.17, 15) is 9.59 Å². The second-order valence-corrected chi connectivity index (χ2v) is 4.28. The van der Waals surface area contributed by atoms with E-state index in [4.69, 9.17) is 0 Å². The number of amides is 1. The lowest BCUT2D eigenvalue weighted by molar-refractivity contribution is 0.101. The van der Waals surface area contributed by atoms with Crippen LogP contribution in [0.15, 0.2) is 42.7 Å². The maximum atomic E-state index is 12.0. The van der Waals surface area contributed by atoms with Crippen LogP contribution in [0.25, 0.3) is 0 Å². The van der Waals surface area contributed by atoms with Gasteiger partial charge in [0, 0.05) is 23.6 Å². The normalized spacial score (nSPS) is 10.0. The Bertz CT molecular complexity index is 621. The zero-order valence-corrected chi connectivity index (χ0v) is 10.8. The number of pyridine rings is 1. The summed E-state index contributed by atoms with van der Waals surface area (Å²) in [5, 5.41) is 2.79. The van der Waals surface area contributed by atoms with E-state index in [0.717, 1.165) is 5.56 Å². The molecule has 0 radical (unpaired) electrons. The van der Waals surface area contributed by atoms with Gasteiger partial charge in [0.05, 0.1) is 5.56 Å². The van der Waals surface area contributed by atoms with Crippen molar-refractivity contribution >= 4 is 17.4 Å². The Kier molecular flexibility index (Phi) is 3.71. The van der Waals surface area contributed by atoms with Crippen molar-refractivity contribution in [2.24, 2.45) is 0 Å². The SMILES string of the molecule is CC(=O)c1ccc(C)c(NC(=O)c2cccnc2)c1. The molecule has 0 fully saturated rings. The Balaban J connectivity index is 2.26. The van der Waals surface area contributed by atoms with E-state index in [2.05, 4.69) is 10.3 Å². The largest absolute Gasteiger partial charge is 0.322 e. The molecule has 19 heavy (non-hydrogen) atoms. The number of aryl methyl sites for hydroxylation is 1. The van der Waals surface area contributed by atoms with Gasteiger partial charge in [-0.3, -0.25) is 14.6 Å². The second kappa shape index (κ2) is 5.44.